The summed E-state index contributed by atoms with van der Waals surface area (Å²) in [7, 11) is 0.719. The number of rotatable bonds is 4. The Bertz CT molecular complexity index is 557. The van der Waals surface area contributed by atoms with Crippen molar-refractivity contribution >= 4 is 18.7 Å². The number of aromatic nitrogens is 1. The average Bonchev–Trinajstić information content (AvgIpc) is 2.67. The number of hydrogen-bond donors (Lipinski definition) is 0. The second-order valence-electron chi connectivity index (χ2n) is 6.10. The first kappa shape index (κ1) is 16.8. The predicted octanol–water partition coefficient (Wildman–Crippen LogP) is 1.57. The Morgan fingerprint density at radius 1 is 1.23 bits per heavy atom. The van der Waals surface area contributed by atoms with Gasteiger partial charge in [-0.1, -0.05) is 0 Å². The lowest BCUT2D eigenvalue weighted by molar-refractivity contribution is 0.00578. The Labute approximate surface area is 131 Å². The van der Waals surface area contributed by atoms with Gasteiger partial charge in [0, 0.05) is 0 Å². The predicted molar refractivity (Wildman–Crippen MR) is 82.5 cm³/mol. The van der Waals surface area contributed by atoms with Gasteiger partial charge in [0.2, 0.25) is 5.88 Å². The highest BCUT2D eigenvalue weighted by atomic mass is 16.7. The lowest BCUT2D eigenvalue weighted by Gasteiger charge is -2.32. The third kappa shape index (κ3) is 2.96. The summed E-state index contributed by atoms with van der Waals surface area (Å²) in [5.74, 6) is -0.266. The second kappa shape index (κ2) is 5.89. The maximum atomic E-state index is 11.7. The average molecular weight is 307 g/mol. The highest BCUT2D eigenvalue weighted by Gasteiger charge is 2.52. The Morgan fingerprint density at radius 3 is 2.32 bits per heavy atom. The van der Waals surface area contributed by atoms with Crippen molar-refractivity contribution < 1.29 is 23.6 Å². The molecule has 1 fully saturated rings. The Balaban J connectivity index is 2.34. The molecule has 0 aromatic carbocycles. The molecule has 7 heteroatoms. The Hall–Kier alpha value is -1.60. The van der Waals surface area contributed by atoms with Crippen molar-refractivity contribution in [3.8, 4) is 5.88 Å². The quantitative estimate of drug-likeness (QED) is 0.621. The van der Waals surface area contributed by atoms with Gasteiger partial charge in [-0.2, -0.15) is 0 Å². The third-order valence-electron chi connectivity index (χ3n) is 4.06. The SMILES string of the molecule is CCOc1nc(B2OC(C)(C)C(C)(C)O2)ccc1C(=O)OC. The summed E-state index contributed by atoms with van der Waals surface area (Å²) in [6.07, 6.45) is 0. The van der Waals surface area contributed by atoms with E-state index >= 15 is 0 Å². The number of ether oxygens (including phenoxy) is 2. The molecule has 1 saturated heterocycles. The summed E-state index contributed by atoms with van der Waals surface area (Å²) in [5, 5.41) is 0. The van der Waals surface area contributed by atoms with Gasteiger partial charge in [-0.25, -0.2) is 9.78 Å². The van der Waals surface area contributed by atoms with Crippen molar-refractivity contribution in [2.24, 2.45) is 0 Å². The fraction of sp³-hybridized carbons (Fsp3) is 0.600. The van der Waals surface area contributed by atoms with E-state index in [4.69, 9.17) is 18.8 Å². The lowest BCUT2D eigenvalue weighted by Crippen LogP contribution is -2.41. The first-order valence-corrected chi connectivity index (χ1v) is 7.29. The summed E-state index contributed by atoms with van der Waals surface area (Å²) in [6, 6.07) is 3.31. The summed E-state index contributed by atoms with van der Waals surface area (Å²) in [4.78, 5) is 16.1. The molecule has 0 radical (unpaired) electrons. The molecule has 0 bridgehead atoms. The van der Waals surface area contributed by atoms with Gasteiger partial charge in [0.1, 0.15) is 5.56 Å². The molecule has 2 heterocycles. The van der Waals surface area contributed by atoms with Gasteiger partial charge in [-0.3, -0.25) is 0 Å². The van der Waals surface area contributed by atoms with Gasteiger partial charge in [0.05, 0.1) is 30.5 Å². The molecule has 0 N–H and O–H groups in total. The van der Waals surface area contributed by atoms with Crippen LogP contribution in [0.15, 0.2) is 12.1 Å². The van der Waals surface area contributed by atoms with E-state index in [1.807, 2.05) is 34.6 Å². The standard InChI is InChI=1S/C15H22BNO5/c1-7-20-12-10(13(18)19-6)8-9-11(17-12)16-21-14(2,3)15(4,5)22-16/h8-9H,7H2,1-6H3. The van der Waals surface area contributed by atoms with Crippen molar-refractivity contribution in [3.63, 3.8) is 0 Å². The molecule has 0 atom stereocenters. The van der Waals surface area contributed by atoms with Crippen LogP contribution in [0.25, 0.3) is 0 Å². The van der Waals surface area contributed by atoms with Crippen LogP contribution in [0.4, 0.5) is 0 Å². The molecule has 0 spiro atoms. The van der Waals surface area contributed by atoms with Crippen molar-refractivity contribution in [3.05, 3.63) is 17.7 Å². The maximum absolute atomic E-state index is 11.7. The topological polar surface area (TPSA) is 66.9 Å². The van der Waals surface area contributed by atoms with Crippen molar-refractivity contribution in [2.45, 2.75) is 45.8 Å². The van der Waals surface area contributed by atoms with Crippen LogP contribution in [-0.4, -0.2) is 43.0 Å². The minimum Gasteiger partial charge on any atom is -0.477 e. The highest BCUT2D eigenvalue weighted by molar-refractivity contribution is 6.61. The van der Waals surface area contributed by atoms with Crippen LogP contribution in [0.2, 0.25) is 0 Å². The van der Waals surface area contributed by atoms with Gasteiger partial charge in [0.15, 0.2) is 0 Å². The van der Waals surface area contributed by atoms with E-state index in [1.165, 1.54) is 7.11 Å². The molecule has 0 aliphatic carbocycles. The molecular formula is C15H22BNO5. The fourth-order valence-electron chi connectivity index (χ4n) is 2.06. The van der Waals surface area contributed by atoms with E-state index in [0.29, 0.717) is 12.2 Å². The van der Waals surface area contributed by atoms with Crippen LogP contribution in [0, 0.1) is 0 Å². The van der Waals surface area contributed by atoms with Crippen molar-refractivity contribution in [1.82, 2.24) is 4.98 Å². The Kier molecular flexibility index (Phi) is 4.49. The molecule has 1 aromatic heterocycles. The summed E-state index contributed by atoms with van der Waals surface area (Å²) >= 11 is 0. The molecule has 1 aromatic rings. The number of nitrogens with zero attached hydrogens (tertiary/aromatic N) is 1. The number of carbonyl (C=O) groups is 1. The molecule has 0 saturated carbocycles. The third-order valence-corrected chi connectivity index (χ3v) is 4.06. The first-order chi connectivity index (χ1) is 10.2. The summed E-state index contributed by atoms with van der Waals surface area (Å²) in [6.45, 7) is 10.1. The number of esters is 1. The van der Waals surface area contributed by atoms with E-state index in [-0.39, 0.29) is 11.4 Å². The van der Waals surface area contributed by atoms with E-state index in [9.17, 15) is 4.79 Å². The zero-order valence-corrected chi connectivity index (χ0v) is 13.9. The van der Waals surface area contributed by atoms with Gasteiger partial charge < -0.3 is 18.8 Å². The minimum atomic E-state index is -0.601. The Morgan fingerprint density at radius 2 is 1.82 bits per heavy atom. The maximum Gasteiger partial charge on any atom is 0.514 e. The molecule has 1 aliphatic rings. The van der Waals surface area contributed by atoms with Crippen LogP contribution < -0.4 is 10.3 Å². The van der Waals surface area contributed by atoms with E-state index < -0.39 is 24.3 Å². The van der Waals surface area contributed by atoms with Crippen LogP contribution in [0.5, 0.6) is 5.88 Å². The zero-order chi connectivity index (χ0) is 16.5. The summed E-state index contributed by atoms with van der Waals surface area (Å²) in [5.41, 5.74) is -0.0578. The lowest BCUT2D eigenvalue weighted by atomic mass is 9.84. The summed E-state index contributed by atoms with van der Waals surface area (Å²) < 4.78 is 22.1. The molecule has 0 unspecified atom stereocenters. The number of methoxy groups -OCH3 is 1. The van der Waals surface area contributed by atoms with Gasteiger partial charge in [-0.05, 0) is 46.8 Å². The molecule has 1 aliphatic heterocycles. The number of carbonyl (C=O) groups excluding carboxylic acids is 1. The fourth-order valence-corrected chi connectivity index (χ4v) is 2.06. The van der Waals surface area contributed by atoms with Gasteiger partial charge in [-0.15, -0.1) is 0 Å². The number of hydrogen-bond acceptors (Lipinski definition) is 6. The van der Waals surface area contributed by atoms with E-state index in [0.717, 1.165) is 0 Å². The first-order valence-electron chi connectivity index (χ1n) is 7.29. The molecule has 6 nitrogen and oxygen atoms in total. The normalized spacial score (nSPS) is 19.1. The highest BCUT2D eigenvalue weighted by Crippen LogP contribution is 2.36. The zero-order valence-electron chi connectivity index (χ0n) is 13.9. The van der Waals surface area contributed by atoms with Crippen molar-refractivity contribution in [1.29, 1.82) is 0 Å². The monoisotopic (exact) mass is 307 g/mol. The second-order valence-corrected chi connectivity index (χ2v) is 6.10. The molecule has 2 rings (SSSR count). The van der Waals surface area contributed by atoms with E-state index in [1.54, 1.807) is 12.1 Å². The van der Waals surface area contributed by atoms with Gasteiger partial charge >= 0.3 is 13.1 Å². The molecular weight excluding hydrogens is 285 g/mol. The van der Waals surface area contributed by atoms with Crippen LogP contribution in [-0.2, 0) is 14.0 Å². The van der Waals surface area contributed by atoms with Crippen LogP contribution in [0.1, 0.15) is 45.0 Å². The largest absolute Gasteiger partial charge is 0.514 e. The minimum absolute atomic E-state index is 0.224. The number of pyridine rings is 1. The van der Waals surface area contributed by atoms with Gasteiger partial charge in [0.25, 0.3) is 0 Å². The molecule has 22 heavy (non-hydrogen) atoms. The smallest absolute Gasteiger partial charge is 0.477 e. The molecule has 0 amide bonds. The van der Waals surface area contributed by atoms with E-state index in [2.05, 4.69) is 4.98 Å². The molecule has 120 valence electrons. The van der Waals surface area contributed by atoms with Crippen LogP contribution in [0.3, 0.4) is 0 Å². The van der Waals surface area contributed by atoms with Crippen molar-refractivity contribution in [2.75, 3.05) is 13.7 Å². The van der Waals surface area contributed by atoms with Crippen LogP contribution >= 0.6 is 0 Å².